The minimum absolute atomic E-state index is 0.239. The minimum Gasteiger partial charge on any atom is -0.391 e. The van der Waals surface area contributed by atoms with Crippen molar-refractivity contribution in [1.82, 2.24) is 9.97 Å². The van der Waals surface area contributed by atoms with Crippen LogP contribution in [0, 0.1) is 0 Å². The summed E-state index contributed by atoms with van der Waals surface area (Å²) in [6, 6.07) is 4.53. The number of aromatic nitrogens is 2. The topological polar surface area (TPSA) is 78.5 Å². The van der Waals surface area contributed by atoms with Gasteiger partial charge in [-0.1, -0.05) is 11.3 Å². The van der Waals surface area contributed by atoms with Gasteiger partial charge in [0.05, 0.1) is 10.8 Å². The predicted molar refractivity (Wildman–Crippen MR) is 94.3 cm³/mol. The molecule has 0 amide bonds. The molecule has 2 aromatic heterocycles. The van der Waals surface area contributed by atoms with Gasteiger partial charge in [-0.05, 0) is 37.8 Å². The highest BCUT2D eigenvalue weighted by Crippen LogP contribution is 2.31. The third kappa shape index (κ3) is 3.13. The number of hydrogen-bond donors (Lipinski definition) is 2. The molecule has 4 rings (SSSR count). The number of fused-ring (bicyclic) bond motifs is 1. The summed E-state index contributed by atoms with van der Waals surface area (Å²) in [7, 11) is 0. The SMILES string of the molecule is NC1CCN(c2ccc3sc(N4CCCC(O)C4)nc3n2)CC1. The first-order chi connectivity index (χ1) is 11.2. The molecule has 2 fully saturated rings. The summed E-state index contributed by atoms with van der Waals surface area (Å²) in [5.41, 5.74) is 6.80. The Morgan fingerprint density at radius 2 is 1.91 bits per heavy atom. The second-order valence-corrected chi connectivity index (χ2v) is 7.56. The van der Waals surface area contributed by atoms with E-state index in [4.69, 9.17) is 15.7 Å². The quantitative estimate of drug-likeness (QED) is 0.869. The van der Waals surface area contributed by atoms with E-state index in [9.17, 15) is 5.11 Å². The van der Waals surface area contributed by atoms with E-state index in [2.05, 4.69) is 21.9 Å². The van der Waals surface area contributed by atoms with Crippen LogP contribution in [0.3, 0.4) is 0 Å². The van der Waals surface area contributed by atoms with Crippen LogP contribution in [-0.2, 0) is 0 Å². The Morgan fingerprint density at radius 1 is 1.09 bits per heavy atom. The Morgan fingerprint density at radius 3 is 2.70 bits per heavy atom. The van der Waals surface area contributed by atoms with Crippen molar-refractivity contribution in [3.05, 3.63) is 12.1 Å². The van der Waals surface area contributed by atoms with Gasteiger partial charge in [0, 0.05) is 32.2 Å². The third-order valence-corrected chi connectivity index (χ3v) is 5.83. The number of anilines is 2. The zero-order valence-corrected chi connectivity index (χ0v) is 14.0. The molecule has 0 radical (unpaired) electrons. The standard InChI is InChI=1S/C16H23N5OS/c17-11-5-8-20(9-6-11)14-4-3-13-15(18-14)19-16(23-13)21-7-1-2-12(22)10-21/h3-4,11-12,22H,1-2,5-10,17H2. The third-order valence-electron chi connectivity index (χ3n) is 4.76. The number of piperidine rings is 2. The average molecular weight is 333 g/mol. The van der Waals surface area contributed by atoms with Gasteiger partial charge in [0.25, 0.3) is 0 Å². The first kappa shape index (κ1) is 15.1. The molecule has 2 aliphatic heterocycles. The van der Waals surface area contributed by atoms with Crippen molar-refractivity contribution >= 4 is 32.6 Å². The number of hydrogen-bond acceptors (Lipinski definition) is 7. The van der Waals surface area contributed by atoms with Crippen LogP contribution in [0.5, 0.6) is 0 Å². The van der Waals surface area contributed by atoms with Gasteiger partial charge in [-0.3, -0.25) is 0 Å². The first-order valence-corrected chi connectivity index (χ1v) is 9.22. The number of aliphatic hydroxyl groups excluding tert-OH is 1. The number of thiazole rings is 1. The van der Waals surface area contributed by atoms with Gasteiger partial charge in [0.1, 0.15) is 5.82 Å². The lowest BCUT2D eigenvalue weighted by Crippen LogP contribution is -2.40. The average Bonchev–Trinajstić information content (AvgIpc) is 2.99. The number of β-amino-alcohol motifs (C(OH)–C–C–N with tert-alkyl or cyclic N) is 1. The molecule has 3 N–H and O–H groups in total. The summed E-state index contributed by atoms with van der Waals surface area (Å²) in [4.78, 5) is 13.9. The molecular formula is C16H23N5OS. The van der Waals surface area contributed by atoms with Crippen LogP contribution in [-0.4, -0.2) is 53.4 Å². The molecule has 0 saturated carbocycles. The van der Waals surface area contributed by atoms with E-state index in [-0.39, 0.29) is 6.10 Å². The molecule has 0 bridgehead atoms. The van der Waals surface area contributed by atoms with Gasteiger partial charge < -0.3 is 20.6 Å². The van der Waals surface area contributed by atoms with E-state index < -0.39 is 0 Å². The fourth-order valence-corrected chi connectivity index (χ4v) is 4.31. The zero-order chi connectivity index (χ0) is 15.8. The van der Waals surface area contributed by atoms with Crippen LogP contribution in [0.4, 0.5) is 10.9 Å². The Balaban J connectivity index is 1.57. The Bertz CT molecular complexity index is 682. The summed E-state index contributed by atoms with van der Waals surface area (Å²) in [5, 5.41) is 10.8. The summed E-state index contributed by atoms with van der Waals surface area (Å²) in [5.74, 6) is 1.000. The largest absolute Gasteiger partial charge is 0.391 e. The maximum Gasteiger partial charge on any atom is 0.188 e. The first-order valence-electron chi connectivity index (χ1n) is 8.40. The number of aliphatic hydroxyl groups is 1. The van der Waals surface area contributed by atoms with Gasteiger partial charge in [0.15, 0.2) is 10.8 Å². The van der Waals surface area contributed by atoms with Crippen LogP contribution in [0.2, 0.25) is 0 Å². The van der Waals surface area contributed by atoms with Gasteiger partial charge >= 0.3 is 0 Å². The summed E-state index contributed by atoms with van der Waals surface area (Å²) in [6.45, 7) is 3.58. The molecule has 2 aromatic rings. The predicted octanol–water partition coefficient (Wildman–Crippen LogP) is 1.58. The van der Waals surface area contributed by atoms with E-state index in [0.717, 1.165) is 66.6 Å². The highest BCUT2D eigenvalue weighted by molar-refractivity contribution is 7.22. The summed E-state index contributed by atoms with van der Waals surface area (Å²) >= 11 is 1.66. The van der Waals surface area contributed by atoms with E-state index in [1.807, 2.05) is 0 Å². The molecule has 1 atom stereocenters. The Labute approximate surface area is 139 Å². The highest BCUT2D eigenvalue weighted by Gasteiger charge is 2.22. The minimum atomic E-state index is -0.239. The van der Waals surface area contributed by atoms with Crippen molar-refractivity contribution < 1.29 is 5.11 Å². The molecule has 0 aliphatic carbocycles. The van der Waals surface area contributed by atoms with E-state index in [1.165, 1.54) is 0 Å². The molecule has 6 nitrogen and oxygen atoms in total. The van der Waals surface area contributed by atoms with Gasteiger partial charge in [-0.25, -0.2) is 4.98 Å². The van der Waals surface area contributed by atoms with Crippen molar-refractivity contribution in [3.8, 4) is 0 Å². The van der Waals surface area contributed by atoms with Crippen LogP contribution in [0.1, 0.15) is 25.7 Å². The summed E-state index contributed by atoms with van der Waals surface area (Å²) < 4.78 is 1.11. The summed E-state index contributed by atoms with van der Waals surface area (Å²) in [6.07, 6.45) is 3.71. The number of pyridine rings is 1. The molecular weight excluding hydrogens is 310 g/mol. The zero-order valence-electron chi connectivity index (χ0n) is 13.2. The Kier molecular flexibility index (Phi) is 4.09. The lowest BCUT2D eigenvalue weighted by Gasteiger charge is -2.30. The van der Waals surface area contributed by atoms with Crippen molar-refractivity contribution in [1.29, 1.82) is 0 Å². The lowest BCUT2D eigenvalue weighted by molar-refractivity contribution is 0.154. The van der Waals surface area contributed by atoms with E-state index in [0.29, 0.717) is 12.6 Å². The molecule has 23 heavy (non-hydrogen) atoms. The highest BCUT2D eigenvalue weighted by atomic mass is 32.1. The molecule has 124 valence electrons. The van der Waals surface area contributed by atoms with Crippen molar-refractivity contribution in [2.24, 2.45) is 5.73 Å². The number of nitrogens with two attached hydrogens (primary N) is 1. The lowest BCUT2D eigenvalue weighted by atomic mass is 10.1. The smallest absolute Gasteiger partial charge is 0.188 e. The fourth-order valence-electron chi connectivity index (χ4n) is 3.37. The second-order valence-electron chi connectivity index (χ2n) is 6.55. The van der Waals surface area contributed by atoms with Gasteiger partial charge in [0.2, 0.25) is 0 Å². The van der Waals surface area contributed by atoms with Crippen molar-refractivity contribution in [2.75, 3.05) is 36.0 Å². The van der Waals surface area contributed by atoms with Crippen LogP contribution in [0.15, 0.2) is 12.1 Å². The van der Waals surface area contributed by atoms with Crippen LogP contribution < -0.4 is 15.5 Å². The molecule has 1 unspecified atom stereocenters. The molecule has 2 aliphatic rings. The second kappa shape index (κ2) is 6.22. The molecule has 0 spiro atoms. The maximum atomic E-state index is 9.85. The van der Waals surface area contributed by atoms with E-state index >= 15 is 0 Å². The molecule has 0 aromatic carbocycles. The molecule has 7 heteroatoms. The van der Waals surface area contributed by atoms with Gasteiger partial charge in [-0.15, -0.1) is 0 Å². The number of rotatable bonds is 2. The molecule has 4 heterocycles. The van der Waals surface area contributed by atoms with Gasteiger partial charge in [-0.2, -0.15) is 4.98 Å². The van der Waals surface area contributed by atoms with Crippen LogP contribution in [0.25, 0.3) is 10.3 Å². The maximum absolute atomic E-state index is 9.85. The van der Waals surface area contributed by atoms with Crippen molar-refractivity contribution in [2.45, 2.75) is 37.8 Å². The number of nitrogens with zero attached hydrogens (tertiary/aromatic N) is 4. The molecule has 2 saturated heterocycles. The van der Waals surface area contributed by atoms with E-state index in [1.54, 1.807) is 11.3 Å². The van der Waals surface area contributed by atoms with Crippen molar-refractivity contribution in [3.63, 3.8) is 0 Å². The monoisotopic (exact) mass is 333 g/mol. The fraction of sp³-hybridized carbons (Fsp3) is 0.625. The Hall–Kier alpha value is -1.44. The normalized spacial score (nSPS) is 23.7. The van der Waals surface area contributed by atoms with Crippen LogP contribution >= 0.6 is 11.3 Å².